The van der Waals surface area contributed by atoms with Gasteiger partial charge in [0.15, 0.2) is 5.16 Å². The average Bonchev–Trinajstić information content (AvgIpc) is 3.06. The second-order valence-corrected chi connectivity index (χ2v) is 6.27. The van der Waals surface area contributed by atoms with Crippen molar-refractivity contribution in [3.05, 3.63) is 5.82 Å². The molecule has 0 spiro atoms. The number of carbonyl (C=O) groups is 1. The van der Waals surface area contributed by atoms with Crippen molar-refractivity contribution in [2.75, 3.05) is 5.75 Å². The summed E-state index contributed by atoms with van der Waals surface area (Å²) in [7, 11) is 0. The Balaban J connectivity index is 2.28. The molecule has 1 aromatic rings. The highest BCUT2D eigenvalue weighted by atomic mass is 32.2. The van der Waals surface area contributed by atoms with E-state index in [-0.39, 0.29) is 11.2 Å². The van der Waals surface area contributed by atoms with Gasteiger partial charge < -0.3 is 9.67 Å². The molecule has 0 unspecified atom stereocenters. The second kappa shape index (κ2) is 4.91. The lowest BCUT2D eigenvalue weighted by molar-refractivity contribution is -0.133. The molecule has 1 N–H and O–H groups in total. The quantitative estimate of drug-likeness (QED) is 0.803. The van der Waals surface area contributed by atoms with Crippen molar-refractivity contribution in [1.29, 1.82) is 0 Å². The van der Waals surface area contributed by atoms with E-state index in [0.717, 1.165) is 30.2 Å². The predicted molar refractivity (Wildman–Crippen MR) is 70.0 cm³/mol. The van der Waals surface area contributed by atoms with E-state index in [1.54, 1.807) is 0 Å². The molecule has 18 heavy (non-hydrogen) atoms. The molecule has 0 aliphatic heterocycles. The van der Waals surface area contributed by atoms with Gasteiger partial charge in [-0.3, -0.25) is 4.79 Å². The van der Waals surface area contributed by atoms with E-state index in [4.69, 9.17) is 5.11 Å². The lowest BCUT2D eigenvalue weighted by Crippen LogP contribution is -2.22. The van der Waals surface area contributed by atoms with Gasteiger partial charge in [-0.2, -0.15) is 0 Å². The van der Waals surface area contributed by atoms with Crippen LogP contribution < -0.4 is 0 Å². The molecule has 1 saturated carbocycles. The zero-order chi connectivity index (χ0) is 13.3. The summed E-state index contributed by atoms with van der Waals surface area (Å²) in [6.07, 6.45) is 3.28. The van der Waals surface area contributed by atoms with E-state index < -0.39 is 5.97 Å². The van der Waals surface area contributed by atoms with Crippen LogP contribution in [-0.4, -0.2) is 31.6 Å². The maximum absolute atomic E-state index is 10.7. The van der Waals surface area contributed by atoms with Crippen LogP contribution in [0, 0.1) is 0 Å². The molecule has 1 aromatic heterocycles. The normalized spacial score (nSPS) is 15.9. The van der Waals surface area contributed by atoms with Crippen molar-refractivity contribution in [2.24, 2.45) is 0 Å². The number of nitrogens with zero attached hydrogens (tertiary/aromatic N) is 3. The highest BCUT2D eigenvalue weighted by molar-refractivity contribution is 7.99. The van der Waals surface area contributed by atoms with Crippen LogP contribution in [0.5, 0.6) is 0 Å². The molecule has 0 aromatic carbocycles. The molecule has 1 fully saturated rings. The van der Waals surface area contributed by atoms with Crippen molar-refractivity contribution >= 4 is 17.7 Å². The Hall–Kier alpha value is -1.04. The molecule has 0 bridgehead atoms. The summed E-state index contributed by atoms with van der Waals surface area (Å²) < 4.78 is 2.15. The summed E-state index contributed by atoms with van der Waals surface area (Å²) in [4.78, 5) is 10.7. The maximum Gasteiger partial charge on any atom is 0.313 e. The number of carboxylic acid groups (broad SMARTS) is 1. The lowest BCUT2D eigenvalue weighted by Gasteiger charge is -2.22. The fourth-order valence-electron chi connectivity index (χ4n) is 1.78. The first kappa shape index (κ1) is 13.4. The van der Waals surface area contributed by atoms with Gasteiger partial charge in [-0.05, 0) is 19.3 Å². The summed E-state index contributed by atoms with van der Waals surface area (Å²) in [5.41, 5.74) is -0.0162. The van der Waals surface area contributed by atoms with E-state index in [1.807, 2.05) is 0 Å². The van der Waals surface area contributed by atoms with E-state index in [9.17, 15) is 4.79 Å². The maximum atomic E-state index is 10.7. The minimum atomic E-state index is -0.818. The Kier molecular flexibility index (Phi) is 3.66. The third kappa shape index (κ3) is 2.68. The van der Waals surface area contributed by atoms with E-state index in [2.05, 4.69) is 35.5 Å². The number of aliphatic carboxylic acids is 1. The standard InChI is InChI=1S/C12H19N3O2S/c1-4-12(2,3)10-13-14-11(18-7-9(16)17)15(10)8-5-6-8/h8H,4-7H2,1-3H3,(H,16,17). The van der Waals surface area contributed by atoms with Gasteiger partial charge in [0.1, 0.15) is 5.82 Å². The molecule has 0 amide bonds. The van der Waals surface area contributed by atoms with Crippen LogP contribution in [0.4, 0.5) is 0 Å². The van der Waals surface area contributed by atoms with Gasteiger partial charge in [-0.1, -0.05) is 32.5 Å². The highest BCUT2D eigenvalue weighted by Crippen LogP contribution is 2.41. The third-order valence-electron chi connectivity index (χ3n) is 3.39. The summed E-state index contributed by atoms with van der Waals surface area (Å²) in [5.74, 6) is 0.208. The van der Waals surface area contributed by atoms with Gasteiger partial charge in [0.2, 0.25) is 0 Å². The van der Waals surface area contributed by atoms with E-state index >= 15 is 0 Å². The smallest absolute Gasteiger partial charge is 0.313 e. The van der Waals surface area contributed by atoms with Gasteiger partial charge in [-0.25, -0.2) is 0 Å². The van der Waals surface area contributed by atoms with Crippen molar-refractivity contribution in [3.63, 3.8) is 0 Å². The molecule has 2 rings (SSSR count). The van der Waals surface area contributed by atoms with Gasteiger partial charge in [0.05, 0.1) is 5.75 Å². The zero-order valence-corrected chi connectivity index (χ0v) is 11.8. The molecule has 1 aliphatic carbocycles. The van der Waals surface area contributed by atoms with Crippen LogP contribution in [-0.2, 0) is 10.2 Å². The Morgan fingerprint density at radius 2 is 2.17 bits per heavy atom. The minimum Gasteiger partial charge on any atom is -0.481 e. The minimum absolute atomic E-state index is 0.0162. The van der Waals surface area contributed by atoms with Crippen LogP contribution in [0.15, 0.2) is 5.16 Å². The Morgan fingerprint density at radius 3 is 2.67 bits per heavy atom. The number of hydrogen-bond donors (Lipinski definition) is 1. The average molecular weight is 269 g/mol. The predicted octanol–water partition coefficient (Wildman–Crippen LogP) is 2.48. The SMILES string of the molecule is CCC(C)(C)c1nnc(SCC(=O)O)n1C1CC1. The first-order valence-electron chi connectivity index (χ1n) is 6.25. The summed E-state index contributed by atoms with van der Waals surface area (Å²) in [5, 5.41) is 18.0. The molecular formula is C12H19N3O2S. The molecule has 0 saturated heterocycles. The van der Waals surface area contributed by atoms with Gasteiger partial charge in [0.25, 0.3) is 0 Å². The molecule has 1 heterocycles. The number of rotatable bonds is 6. The van der Waals surface area contributed by atoms with Gasteiger partial charge in [-0.15, -0.1) is 10.2 Å². The van der Waals surface area contributed by atoms with Crippen LogP contribution in [0.1, 0.15) is 51.9 Å². The van der Waals surface area contributed by atoms with Crippen molar-refractivity contribution in [3.8, 4) is 0 Å². The number of hydrogen-bond acceptors (Lipinski definition) is 4. The third-order valence-corrected chi connectivity index (χ3v) is 4.32. The van der Waals surface area contributed by atoms with Crippen LogP contribution in [0.25, 0.3) is 0 Å². The zero-order valence-electron chi connectivity index (χ0n) is 11.0. The van der Waals surface area contributed by atoms with Crippen LogP contribution in [0.2, 0.25) is 0 Å². The molecule has 0 radical (unpaired) electrons. The van der Waals surface area contributed by atoms with E-state index in [1.165, 1.54) is 11.8 Å². The first-order chi connectivity index (χ1) is 8.45. The highest BCUT2D eigenvalue weighted by Gasteiger charge is 2.35. The van der Waals surface area contributed by atoms with Crippen LogP contribution >= 0.6 is 11.8 Å². The Morgan fingerprint density at radius 1 is 1.50 bits per heavy atom. The molecule has 1 aliphatic rings. The van der Waals surface area contributed by atoms with Crippen molar-refractivity contribution in [2.45, 2.75) is 56.6 Å². The summed E-state index contributed by atoms with van der Waals surface area (Å²) in [6.45, 7) is 6.44. The number of thioether (sulfide) groups is 1. The number of aromatic nitrogens is 3. The summed E-state index contributed by atoms with van der Waals surface area (Å²) >= 11 is 1.26. The molecule has 5 nitrogen and oxygen atoms in total. The Bertz CT molecular complexity index is 452. The topological polar surface area (TPSA) is 68.0 Å². The van der Waals surface area contributed by atoms with Crippen molar-refractivity contribution < 1.29 is 9.90 Å². The second-order valence-electron chi connectivity index (χ2n) is 5.33. The molecule has 0 atom stereocenters. The van der Waals surface area contributed by atoms with Crippen LogP contribution in [0.3, 0.4) is 0 Å². The van der Waals surface area contributed by atoms with Gasteiger partial charge in [0, 0.05) is 11.5 Å². The molecular weight excluding hydrogens is 250 g/mol. The monoisotopic (exact) mass is 269 g/mol. The molecule has 6 heteroatoms. The summed E-state index contributed by atoms with van der Waals surface area (Å²) in [6, 6.07) is 0.470. The number of carboxylic acids is 1. The fourth-order valence-corrected chi connectivity index (χ4v) is 2.51. The van der Waals surface area contributed by atoms with Crippen molar-refractivity contribution in [1.82, 2.24) is 14.8 Å². The van der Waals surface area contributed by atoms with E-state index in [0.29, 0.717) is 6.04 Å². The molecule has 100 valence electrons. The first-order valence-corrected chi connectivity index (χ1v) is 7.24. The lowest BCUT2D eigenvalue weighted by atomic mass is 9.89. The van der Waals surface area contributed by atoms with Gasteiger partial charge >= 0.3 is 5.97 Å². The fraction of sp³-hybridized carbons (Fsp3) is 0.750. The Labute approximate surface area is 111 Å². The largest absolute Gasteiger partial charge is 0.481 e.